The molecule has 5 rings (SSSR count). The van der Waals surface area contributed by atoms with Crippen molar-refractivity contribution in [1.82, 2.24) is 14.1 Å². The smallest absolute Gasteiger partial charge is 0.267 e. The van der Waals surface area contributed by atoms with Gasteiger partial charge < -0.3 is 8.98 Å². The van der Waals surface area contributed by atoms with Gasteiger partial charge in [0.1, 0.15) is 5.39 Å². The molecule has 0 unspecified atom stereocenters. The molecule has 0 radical (unpaired) electrons. The highest BCUT2D eigenvalue weighted by Gasteiger charge is 2.20. The lowest BCUT2D eigenvalue weighted by Gasteiger charge is -2.15. The second kappa shape index (κ2) is 6.60. The van der Waals surface area contributed by atoms with E-state index in [4.69, 9.17) is 9.40 Å². The zero-order valence-electron chi connectivity index (χ0n) is 15.7. The highest BCUT2D eigenvalue weighted by atomic mass is 16.3. The Morgan fingerprint density at radius 1 is 0.931 bits per heavy atom. The number of pyridine rings is 1. The standard InChI is InChI=1S/C23H17N3O3/c1-25-17-11-6-5-10-16(17)20(27)19-22(25)24-21(18-12-7-13-29-18)26(23(19)28)14-15-8-3-2-4-9-15/h2-13H,14H2,1H3. The van der Waals surface area contributed by atoms with Crippen LogP contribution < -0.4 is 11.0 Å². The van der Waals surface area contributed by atoms with Gasteiger partial charge in [-0.05, 0) is 29.8 Å². The molecule has 0 bridgehead atoms. The number of aromatic nitrogens is 3. The van der Waals surface area contributed by atoms with E-state index in [0.717, 1.165) is 11.1 Å². The predicted octanol–water partition coefficient (Wildman–Crippen LogP) is 3.56. The van der Waals surface area contributed by atoms with Gasteiger partial charge in [0.2, 0.25) is 5.43 Å². The molecule has 0 saturated heterocycles. The summed E-state index contributed by atoms with van der Waals surface area (Å²) in [5.74, 6) is 0.863. The molecule has 5 aromatic rings. The summed E-state index contributed by atoms with van der Waals surface area (Å²) in [6.07, 6.45) is 1.54. The summed E-state index contributed by atoms with van der Waals surface area (Å²) in [6, 6.07) is 20.3. The van der Waals surface area contributed by atoms with Crippen molar-refractivity contribution in [3.05, 3.63) is 99.1 Å². The molecule has 0 amide bonds. The van der Waals surface area contributed by atoms with Crippen molar-refractivity contribution in [1.29, 1.82) is 0 Å². The highest BCUT2D eigenvalue weighted by Crippen LogP contribution is 2.21. The molecule has 6 heteroatoms. The number of benzene rings is 2. The number of fused-ring (bicyclic) bond motifs is 2. The monoisotopic (exact) mass is 383 g/mol. The van der Waals surface area contributed by atoms with Gasteiger partial charge in [0, 0.05) is 12.4 Å². The van der Waals surface area contributed by atoms with E-state index in [2.05, 4.69) is 0 Å². The van der Waals surface area contributed by atoms with Crippen LogP contribution in [0.4, 0.5) is 0 Å². The zero-order valence-corrected chi connectivity index (χ0v) is 15.7. The zero-order chi connectivity index (χ0) is 20.0. The molecule has 0 fully saturated rings. The molecule has 0 aliphatic heterocycles. The average molecular weight is 383 g/mol. The second-order valence-corrected chi connectivity index (χ2v) is 6.89. The van der Waals surface area contributed by atoms with Crippen molar-refractivity contribution >= 4 is 21.9 Å². The lowest BCUT2D eigenvalue weighted by molar-refractivity contribution is 0.568. The van der Waals surface area contributed by atoms with E-state index in [1.807, 2.05) is 49.5 Å². The number of aryl methyl sites for hydroxylation is 1. The van der Waals surface area contributed by atoms with Crippen LogP contribution in [0, 0.1) is 0 Å². The maximum absolute atomic E-state index is 13.5. The van der Waals surface area contributed by atoms with Gasteiger partial charge in [-0.3, -0.25) is 14.2 Å². The molecule has 29 heavy (non-hydrogen) atoms. The molecule has 2 aromatic carbocycles. The van der Waals surface area contributed by atoms with Crippen LogP contribution in [-0.2, 0) is 13.6 Å². The van der Waals surface area contributed by atoms with Crippen LogP contribution in [0.25, 0.3) is 33.5 Å². The molecule has 0 atom stereocenters. The van der Waals surface area contributed by atoms with E-state index in [0.29, 0.717) is 22.6 Å². The van der Waals surface area contributed by atoms with Gasteiger partial charge in [0.15, 0.2) is 17.2 Å². The molecule has 6 nitrogen and oxygen atoms in total. The second-order valence-electron chi connectivity index (χ2n) is 6.89. The fraction of sp³-hybridized carbons (Fsp3) is 0.0870. The molecular weight excluding hydrogens is 366 g/mol. The fourth-order valence-electron chi connectivity index (χ4n) is 3.70. The van der Waals surface area contributed by atoms with Gasteiger partial charge in [-0.1, -0.05) is 42.5 Å². The molecule has 0 aliphatic rings. The minimum absolute atomic E-state index is 0.0810. The molecule has 142 valence electrons. The average Bonchev–Trinajstić information content (AvgIpc) is 3.29. The maximum atomic E-state index is 13.5. The Labute approximate surface area is 165 Å². The SMILES string of the molecule is Cn1c2ccccc2c(=O)c2c(=O)n(Cc3ccccc3)c(-c3ccco3)nc21. The molecule has 0 spiro atoms. The topological polar surface area (TPSA) is 70.0 Å². The number of para-hydroxylation sites is 1. The molecular formula is C23H17N3O3. The number of hydrogen-bond donors (Lipinski definition) is 0. The molecule has 0 aliphatic carbocycles. The summed E-state index contributed by atoms with van der Waals surface area (Å²) < 4.78 is 8.84. The van der Waals surface area contributed by atoms with Crippen LogP contribution in [0.5, 0.6) is 0 Å². The van der Waals surface area contributed by atoms with Crippen molar-refractivity contribution in [2.75, 3.05) is 0 Å². The number of rotatable bonds is 3. The van der Waals surface area contributed by atoms with Crippen molar-refractivity contribution in [3.8, 4) is 11.6 Å². The minimum Gasteiger partial charge on any atom is -0.461 e. The van der Waals surface area contributed by atoms with Crippen LogP contribution in [0.2, 0.25) is 0 Å². The van der Waals surface area contributed by atoms with Crippen LogP contribution >= 0.6 is 0 Å². The Morgan fingerprint density at radius 3 is 2.45 bits per heavy atom. The first-order valence-electron chi connectivity index (χ1n) is 9.25. The van der Waals surface area contributed by atoms with Crippen molar-refractivity contribution in [3.63, 3.8) is 0 Å². The van der Waals surface area contributed by atoms with Gasteiger partial charge >= 0.3 is 0 Å². The third kappa shape index (κ3) is 2.69. The van der Waals surface area contributed by atoms with Gasteiger partial charge in [0.25, 0.3) is 5.56 Å². The Bertz CT molecular complexity index is 1460. The third-order valence-electron chi connectivity index (χ3n) is 5.13. The normalized spacial score (nSPS) is 11.3. The highest BCUT2D eigenvalue weighted by molar-refractivity contribution is 5.91. The molecule has 3 heterocycles. The summed E-state index contributed by atoms with van der Waals surface area (Å²) in [4.78, 5) is 31.4. The molecule has 0 saturated carbocycles. The Kier molecular flexibility index (Phi) is 3.91. The van der Waals surface area contributed by atoms with Gasteiger partial charge in [-0.15, -0.1) is 0 Å². The van der Waals surface area contributed by atoms with E-state index in [1.165, 1.54) is 10.8 Å². The van der Waals surface area contributed by atoms with Crippen LogP contribution in [0.15, 0.2) is 87.0 Å². The molecule has 3 aromatic heterocycles. The van der Waals surface area contributed by atoms with Gasteiger partial charge in [-0.2, -0.15) is 0 Å². The Balaban J connectivity index is 1.92. The van der Waals surface area contributed by atoms with Gasteiger partial charge in [-0.25, -0.2) is 4.98 Å². The fourth-order valence-corrected chi connectivity index (χ4v) is 3.70. The minimum atomic E-state index is -0.378. The van der Waals surface area contributed by atoms with Crippen LogP contribution in [-0.4, -0.2) is 14.1 Å². The Hall–Kier alpha value is -3.93. The number of furan rings is 1. The van der Waals surface area contributed by atoms with Crippen LogP contribution in [0.1, 0.15) is 5.56 Å². The first-order valence-corrected chi connectivity index (χ1v) is 9.25. The number of nitrogens with zero attached hydrogens (tertiary/aromatic N) is 3. The summed E-state index contributed by atoms with van der Waals surface area (Å²) >= 11 is 0. The quantitative estimate of drug-likeness (QED) is 0.447. The maximum Gasteiger partial charge on any atom is 0.267 e. The first-order chi connectivity index (χ1) is 14.1. The summed E-state index contributed by atoms with van der Waals surface area (Å²) in [5.41, 5.74) is 1.31. The van der Waals surface area contributed by atoms with Crippen molar-refractivity contribution < 1.29 is 4.42 Å². The number of hydrogen-bond acceptors (Lipinski definition) is 4. The molecule has 0 N–H and O–H groups in total. The van der Waals surface area contributed by atoms with Crippen molar-refractivity contribution in [2.24, 2.45) is 7.05 Å². The van der Waals surface area contributed by atoms with E-state index < -0.39 is 0 Å². The van der Waals surface area contributed by atoms with E-state index in [9.17, 15) is 9.59 Å². The summed E-state index contributed by atoms with van der Waals surface area (Å²) in [5, 5.41) is 0.579. The Morgan fingerprint density at radius 2 is 1.69 bits per heavy atom. The van der Waals surface area contributed by atoms with Crippen LogP contribution in [0.3, 0.4) is 0 Å². The lowest BCUT2D eigenvalue weighted by Crippen LogP contribution is -2.29. The lowest BCUT2D eigenvalue weighted by atomic mass is 10.1. The van der Waals surface area contributed by atoms with E-state index in [-0.39, 0.29) is 22.9 Å². The van der Waals surface area contributed by atoms with Crippen molar-refractivity contribution in [2.45, 2.75) is 6.54 Å². The van der Waals surface area contributed by atoms with E-state index in [1.54, 1.807) is 28.8 Å². The summed E-state index contributed by atoms with van der Waals surface area (Å²) in [7, 11) is 1.81. The largest absolute Gasteiger partial charge is 0.461 e. The summed E-state index contributed by atoms with van der Waals surface area (Å²) in [6.45, 7) is 0.286. The predicted molar refractivity (Wildman–Crippen MR) is 112 cm³/mol. The first kappa shape index (κ1) is 17.2. The van der Waals surface area contributed by atoms with Gasteiger partial charge in [0.05, 0.1) is 18.3 Å². The third-order valence-corrected chi connectivity index (χ3v) is 5.13. The van der Waals surface area contributed by atoms with E-state index >= 15 is 0 Å².